The van der Waals surface area contributed by atoms with Gasteiger partial charge in [0.15, 0.2) is 0 Å². The minimum absolute atomic E-state index is 0.0744. The molecule has 0 aliphatic heterocycles. The number of nitrogens with one attached hydrogen (secondary N) is 2. The van der Waals surface area contributed by atoms with E-state index in [-0.39, 0.29) is 24.0 Å². The van der Waals surface area contributed by atoms with Crippen molar-refractivity contribution in [1.82, 2.24) is 9.78 Å². The first-order valence-corrected chi connectivity index (χ1v) is 9.16. The van der Waals surface area contributed by atoms with E-state index in [1.165, 1.54) is 13.0 Å². The van der Waals surface area contributed by atoms with Gasteiger partial charge in [-0.2, -0.15) is 5.10 Å². The van der Waals surface area contributed by atoms with Crippen molar-refractivity contribution in [2.45, 2.75) is 27.3 Å². The summed E-state index contributed by atoms with van der Waals surface area (Å²) < 4.78 is 1.06. The molecule has 0 atom stereocenters. The molecule has 2 N–H and O–H groups in total. The molecule has 0 aliphatic rings. The van der Waals surface area contributed by atoms with E-state index < -0.39 is 5.56 Å². The molecule has 0 spiro atoms. The van der Waals surface area contributed by atoms with E-state index in [9.17, 15) is 14.4 Å². The van der Waals surface area contributed by atoms with E-state index in [0.717, 1.165) is 21.4 Å². The number of nitrogens with zero attached hydrogens (tertiary/aromatic N) is 2. The second kappa shape index (κ2) is 8.52. The number of hydrogen-bond donors (Lipinski definition) is 2. The molecule has 0 aliphatic carbocycles. The summed E-state index contributed by atoms with van der Waals surface area (Å²) in [7, 11) is 0. The number of benzene rings is 2. The summed E-state index contributed by atoms with van der Waals surface area (Å²) >= 11 is 0. The van der Waals surface area contributed by atoms with Gasteiger partial charge in [-0.15, -0.1) is 0 Å². The normalized spacial score (nSPS) is 10.4. The van der Waals surface area contributed by atoms with E-state index in [1.54, 1.807) is 6.07 Å². The predicted molar refractivity (Wildman–Crippen MR) is 113 cm³/mol. The van der Waals surface area contributed by atoms with E-state index in [2.05, 4.69) is 15.7 Å². The molecule has 0 fully saturated rings. The van der Waals surface area contributed by atoms with Gasteiger partial charge in [0.25, 0.3) is 5.56 Å². The summed E-state index contributed by atoms with van der Waals surface area (Å²) in [6.07, 6.45) is 0. The first-order valence-electron chi connectivity index (χ1n) is 9.16. The van der Waals surface area contributed by atoms with Gasteiger partial charge < -0.3 is 10.6 Å². The Kier molecular flexibility index (Phi) is 5.87. The van der Waals surface area contributed by atoms with Crippen molar-refractivity contribution in [2.24, 2.45) is 0 Å². The number of rotatable bonds is 5. The zero-order valence-electron chi connectivity index (χ0n) is 16.5. The van der Waals surface area contributed by atoms with Crippen LogP contribution in [0.4, 0.5) is 11.4 Å². The van der Waals surface area contributed by atoms with Crippen molar-refractivity contribution in [1.29, 1.82) is 0 Å². The van der Waals surface area contributed by atoms with Crippen LogP contribution >= 0.6 is 0 Å². The summed E-state index contributed by atoms with van der Waals surface area (Å²) in [5, 5.41) is 9.61. The number of aryl methyl sites for hydroxylation is 2. The fraction of sp³-hybridized carbons (Fsp3) is 0.182. The Hall–Kier alpha value is -3.74. The van der Waals surface area contributed by atoms with E-state index in [4.69, 9.17) is 0 Å². The van der Waals surface area contributed by atoms with Crippen LogP contribution < -0.4 is 16.2 Å². The Morgan fingerprint density at radius 2 is 1.69 bits per heavy atom. The molecule has 0 bridgehead atoms. The van der Waals surface area contributed by atoms with E-state index in [0.29, 0.717) is 11.4 Å². The van der Waals surface area contributed by atoms with Crippen molar-refractivity contribution < 1.29 is 9.59 Å². The molecule has 29 heavy (non-hydrogen) atoms. The molecule has 3 aromatic rings. The van der Waals surface area contributed by atoms with Crippen molar-refractivity contribution in [2.75, 3.05) is 10.6 Å². The Labute approximate surface area is 168 Å². The van der Waals surface area contributed by atoms with Gasteiger partial charge in [-0.3, -0.25) is 14.4 Å². The topological polar surface area (TPSA) is 93.1 Å². The number of anilines is 2. The fourth-order valence-electron chi connectivity index (χ4n) is 2.83. The third-order valence-electron chi connectivity index (χ3n) is 4.44. The zero-order valence-corrected chi connectivity index (χ0v) is 16.5. The minimum Gasteiger partial charge on any atom is -0.324 e. The van der Waals surface area contributed by atoms with Crippen LogP contribution in [-0.2, 0) is 16.1 Å². The molecule has 3 rings (SSSR count). The second-order valence-electron chi connectivity index (χ2n) is 6.80. The van der Waals surface area contributed by atoms with E-state index >= 15 is 0 Å². The van der Waals surface area contributed by atoms with Crippen LogP contribution in [0.3, 0.4) is 0 Å². The lowest BCUT2D eigenvalue weighted by Gasteiger charge is -2.12. The Balaban J connectivity index is 1.92. The van der Waals surface area contributed by atoms with Gasteiger partial charge >= 0.3 is 0 Å². The Bertz CT molecular complexity index is 1120. The highest BCUT2D eigenvalue weighted by molar-refractivity contribution is 5.91. The van der Waals surface area contributed by atoms with Crippen LogP contribution in [0, 0.1) is 13.8 Å². The van der Waals surface area contributed by atoms with Gasteiger partial charge in [-0.05, 0) is 43.2 Å². The summed E-state index contributed by atoms with van der Waals surface area (Å²) in [4.78, 5) is 36.7. The van der Waals surface area contributed by atoms with Crippen molar-refractivity contribution in [3.05, 3.63) is 76.1 Å². The van der Waals surface area contributed by atoms with E-state index in [1.807, 2.05) is 56.3 Å². The summed E-state index contributed by atoms with van der Waals surface area (Å²) in [5.41, 5.74) is 3.59. The third-order valence-corrected chi connectivity index (χ3v) is 4.44. The van der Waals surface area contributed by atoms with Crippen molar-refractivity contribution in [3.8, 4) is 11.3 Å². The molecular weight excluding hydrogens is 368 g/mol. The monoisotopic (exact) mass is 390 g/mol. The first-order chi connectivity index (χ1) is 13.8. The molecule has 2 aromatic carbocycles. The molecule has 1 aromatic heterocycles. The number of carbonyl (C=O) groups excluding carboxylic acids is 2. The number of amides is 2. The molecule has 2 amide bonds. The maximum Gasteiger partial charge on any atom is 0.291 e. The molecule has 0 radical (unpaired) electrons. The lowest BCUT2D eigenvalue weighted by atomic mass is 10.1. The lowest BCUT2D eigenvalue weighted by Crippen LogP contribution is -2.32. The quantitative estimate of drug-likeness (QED) is 0.700. The molecule has 1 heterocycles. The minimum atomic E-state index is -0.546. The maximum atomic E-state index is 12.7. The van der Waals surface area contributed by atoms with Crippen LogP contribution in [0.2, 0.25) is 0 Å². The van der Waals surface area contributed by atoms with Gasteiger partial charge in [0.1, 0.15) is 12.2 Å². The van der Waals surface area contributed by atoms with Crippen molar-refractivity contribution in [3.63, 3.8) is 0 Å². The van der Waals surface area contributed by atoms with Crippen molar-refractivity contribution >= 4 is 23.2 Å². The lowest BCUT2D eigenvalue weighted by molar-refractivity contribution is -0.117. The van der Waals surface area contributed by atoms with Gasteiger partial charge in [0.05, 0.1) is 5.69 Å². The Morgan fingerprint density at radius 1 is 0.966 bits per heavy atom. The molecule has 0 saturated carbocycles. The second-order valence-corrected chi connectivity index (χ2v) is 6.80. The Morgan fingerprint density at radius 3 is 2.34 bits per heavy atom. The molecule has 148 valence electrons. The average Bonchev–Trinajstić information content (AvgIpc) is 2.68. The fourth-order valence-corrected chi connectivity index (χ4v) is 2.83. The highest BCUT2D eigenvalue weighted by Gasteiger charge is 2.14. The maximum absolute atomic E-state index is 12.7. The largest absolute Gasteiger partial charge is 0.324 e. The number of carbonyl (C=O) groups is 2. The first kappa shape index (κ1) is 20.0. The van der Waals surface area contributed by atoms with Gasteiger partial charge in [0.2, 0.25) is 11.8 Å². The highest BCUT2D eigenvalue weighted by atomic mass is 16.2. The smallest absolute Gasteiger partial charge is 0.291 e. The van der Waals surface area contributed by atoms with Gasteiger partial charge in [-0.1, -0.05) is 36.4 Å². The zero-order chi connectivity index (χ0) is 21.0. The average molecular weight is 390 g/mol. The van der Waals surface area contributed by atoms with Gasteiger partial charge in [-0.25, -0.2) is 4.68 Å². The SMILES string of the molecule is CC(=O)Nc1cc(-c2ccccc2)nn(CC(=O)Nc2ccc(C)c(C)c2)c1=O. The van der Waals surface area contributed by atoms with Crippen LogP contribution in [-0.4, -0.2) is 21.6 Å². The molecule has 7 nitrogen and oxygen atoms in total. The van der Waals surface area contributed by atoms with Crippen LogP contribution in [0.15, 0.2) is 59.4 Å². The predicted octanol–water partition coefficient (Wildman–Crippen LogP) is 3.12. The molecule has 0 saturated heterocycles. The summed E-state index contributed by atoms with van der Waals surface area (Å²) in [6, 6.07) is 16.3. The molecular formula is C22H22N4O3. The number of hydrogen-bond acceptors (Lipinski definition) is 4. The standard InChI is InChI=1S/C22H22N4O3/c1-14-9-10-18(11-15(14)2)24-21(28)13-26-22(29)20(23-16(3)27)12-19(25-26)17-7-5-4-6-8-17/h4-12H,13H2,1-3H3,(H,23,27)(H,24,28). The molecule has 7 heteroatoms. The highest BCUT2D eigenvalue weighted by Crippen LogP contribution is 2.18. The summed E-state index contributed by atoms with van der Waals surface area (Å²) in [5.74, 6) is -0.764. The molecule has 0 unspecified atom stereocenters. The number of aromatic nitrogens is 2. The van der Waals surface area contributed by atoms with Crippen LogP contribution in [0.1, 0.15) is 18.1 Å². The summed E-state index contributed by atoms with van der Waals surface area (Å²) in [6.45, 7) is 4.99. The van der Waals surface area contributed by atoms with Crippen LogP contribution in [0.5, 0.6) is 0 Å². The van der Waals surface area contributed by atoms with Crippen LogP contribution in [0.25, 0.3) is 11.3 Å². The third kappa shape index (κ3) is 4.95. The van der Waals surface area contributed by atoms with Gasteiger partial charge in [0, 0.05) is 18.2 Å².